The lowest BCUT2D eigenvalue weighted by molar-refractivity contribution is -0.0356. The van der Waals surface area contributed by atoms with Crippen LogP contribution in [0.1, 0.15) is 26.7 Å². The van der Waals surface area contributed by atoms with Gasteiger partial charge >= 0.3 is 0 Å². The molecule has 1 atom stereocenters. The molecule has 1 heterocycles. The second-order valence-corrected chi connectivity index (χ2v) is 4.89. The fourth-order valence-corrected chi connectivity index (χ4v) is 2.14. The Balaban J connectivity index is 2.17. The zero-order valence-corrected chi connectivity index (χ0v) is 10.5. The van der Waals surface area contributed by atoms with Crippen molar-refractivity contribution in [3.63, 3.8) is 0 Å². The van der Waals surface area contributed by atoms with E-state index in [-0.39, 0.29) is 0 Å². The van der Waals surface area contributed by atoms with Crippen LogP contribution in [0.5, 0.6) is 0 Å². The summed E-state index contributed by atoms with van der Waals surface area (Å²) in [5, 5.41) is 3.18. The SMILES string of the molecule is CNCCC[C@H]1CN(CC(C)C)CCO1. The van der Waals surface area contributed by atoms with Gasteiger partial charge in [0.15, 0.2) is 0 Å². The summed E-state index contributed by atoms with van der Waals surface area (Å²) < 4.78 is 5.77. The number of ether oxygens (including phenoxy) is 1. The van der Waals surface area contributed by atoms with Gasteiger partial charge in [-0.25, -0.2) is 0 Å². The molecule has 1 rings (SSSR count). The minimum Gasteiger partial charge on any atom is -0.376 e. The zero-order valence-electron chi connectivity index (χ0n) is 10.5. The molecule has 3 heteroatoms. The van der Waals surface area contributed by atoms with E-state index >= 15 is 0 Å². The van der Waals surface area contributed by atoms with E-state index < -0.39 is 0 Å². The predicted octanol–water partition coefficient (Wildman–Crippen LogP) is 1.34. The van der Waals surface area contributed by atoms with Crippen LogP contribution >= 0.6 is 0 Å². The maximum Gasteiger partial charge on any atom is 0.0703 e. The number of nitrogens with one attached hydrogen (secondary N) is 1. The van der Waals surface area contributed by atoms with Crippen LogP contribution in [-0.2, 0) is 4.74 Å². The Labute approximate surface area is 94.2 Å². The van der Waals surface area contributed by atoms with Gasteiger partial charge in [-0.15, -0.1) is 0 Å². The highest BCUT2D eigenvalue weighted by Gasteiger charge is 2.20. The van der Waals surface area contributed by atoms with E-state index in [1.165, 1.54) is 19.4 Å². The van der Waals surface area contributed by atoms with Crippen molar-refractivity contribution in [2.75, 3.05) is 39.8 Å². The predicted molar refractivity (Wildman–Crippen MR) is 64.2 cm³/mol. The van der Waals surface area contributed by atoms with Gasteiger partial charge in [0.2, 0.25) is 0 Å². The van der Waals surface area contributed by atoms with Gasteiger partial charge in [-0.2, -0.15) is 0 Å². The molecule has 0 unspecified atom stereocenters. The van der Waals surface area contributed by atoms with Gasteiger partial charge in [0.1, 0.15) is 0 Å². The Morgan fingerprint density at radius 3 is 2.93 bits per heavy atom. The summed E-state index contributed by atoms with van der Waals surface area (Å²) in [6.45, 7) is 10.0. The van der Waals surface area contributed by atoms with Gasteiger partial charge in [0, 0.05) is 19.6 Å². The maximum atomic E-state index is 5.77. The number of hydrogen-bond acceptors (Lipinski definition) is 3. The van der Waals surface area contributed by atoms with Crippen molar-refractivity contribution in [2.45, 2.75) is 32.8 Å². The van der Waals surface area contributed by atoms with Gasteiger partial charge in [-0.3, -0.25) is 4.90 Å². The highest BCUT2D eigenvalue weighted by molar-refractivity contribution is 4.72. The molecular weight excluding hydrogens is 188 g/mol. The number of hydrogen-bond donors (Lipinski definition) is 1. The number of rotatable bonds is 6. The Morgan fingerprint density at radius 1 is 1.47 bits per heavy atom. The molecule has 0 aromatic rings. The van der Waals surface area contributed by atoms with E-state index in [0.717, 1.165) is 32.2 Å². The normalized spacial score (nSPS) is 23.6. The molecule has 1 N–H and O–H groups in total. The van der Waals surface area contributed by atoms with Gasteiger partial charge in [-0.05, 0) is 32.4 Å². The first-order valence-electron chi connectivity index (χ1n) is 6.21. The molecule has 1 aliphatic rings. The quantitative estimate of drug-likeness (QED) is 0.675. The lowest BCUT2D eigenvalue weighted by Crippen LogP contribution is -2.44. The molecule has 0 aromatic carbocycles. The molecule has 0 spiro atoms. The van der Waals surface area contributed by atoms with E-state index in [9.17, 15) is 0 Å². The van der Waals surface area contributed by atoms with E-state index in [1.807, 2.05) is 7.05 Å². The topological polar surface area (TPSA) is 24.5 Å². The summed E-state index contributed by atoms with van der Waals surface area (Å²) in [5.74, 6) is 0.765. The van der Waals surface area contributed by atoms with E-state index in [4.69, 9.17) is 4.74 Å². The Morgan fingerprint density at radius 2 is 2.27 bits per heavy atom. The highest BCUT2D eigenvalue weighted by atomic mass is 16.5. The van der Waals surface area contributed by atoms with Crippen molar-refractivity contribution in [2.24, 2.45) is 5.92 Å². The summed E-state index contributed by atoms with van der Waals surface area (Å²) in [5.41, 5.74) is 0. The summed E-state index contributed by atoms with van der Waals surface area (Å²) in [7, 11) is 2.01. The van der Waals surface area contributed by atoms with Crippen LogP contribution < -0.4 is 5.32 Å². The van der Waals surface area contributed by atoms with Crippen molar-refractivity contribution >= 4 is 0 Å². The minimum absolute atomic E-state index is 0.464. The lowest BCUT2D eigenvalue weighted by atomic mass is 10.1. The third-order valence-electron chi connectivity index (χ3n) is 2.80. The Hall–Kier alpha value is -0.120. The summed E-state index contributed by atoms with van der Waals surface area (Å²) in [6, 6.07) is 0. The molecule has 1 aliphatic heterocycles. The van der Waals surface area contributed by atoms with Crippen molar-refractivity contribution in [1.29, 1.82) is 0 Å². The van der Waals surface area contributed by atoms with Crippen LogP contribution in [0.2, 0.25) is 0 Å². The van der Waals surface area contributed by atoms with E-state index in [1.54, 1.807) is 0 Å². The molecule has 0 amide bonds. The molecule has 1 saturated heterocycles. The third kappa shape index (κ3) is 5.50. The van der Waals surface area contributed by atoms with Gasteiger partial charge in [0.05, 0.1) is 12.7 Å². The number of nitrogens with zero attached hydrogens (tertiary/aromatic N) is 1. The molecule has 0 aromatic heterocycles. The van der Waals surface area contributed by atoms with Gasteiger partial charge < -0.3 is 10.1 Å². The van der Waals surface area contributed by atoms with Crippen LogP contribution in [0.3, 0.4) is 0 Å². The number of morpholine rings is 1. The van der Waals surface area contributed by atoms with E-state index in [0.29, 0.717) is 6.10 Å². The average Bonchev–Trinajstić information content (AvgIpc) is 2.18. The second-order valence-electron chi connectivity index (χ2n) is 4.89. The molecule has 0 saturated carbocycles. The van der Waals surface area contributed by atoms with Crippen LogP contribution in [0.4, 0.5) is 0 Å². The molecule has 90 valence electrons. The first kappa shape index (κ1) is 12.9. The second kappa shape index (κ2) is 7.20. The molecule has 0 radical (unpaired) electrons. The largest absolute Gasteiger partial charge is 0.376 e. The van der Waals surface area contributed by atoms with Crippen molar-refractivity contribution in [3.8, 4) is 0 Å². The molecular formula is C12H26N2O. The fraction of sp³-hybridized carbons (Fsp3) is 1.00. The highest BCUT2D eigenvalue weighted by Crippen LogP contribution is 2.11. The maximum absolute atomic E-state index is 5.77. The standard InChI is InChI=1S/C12H26N2O/c1-11(2)9-14-7-8-15-12(10-14)5-4-6-13-3/h11-13H,4-10H2,1-3H3/t12-/m0/s1. The minimum atomic E-state index is 0.464. The van der Waals surface area contributed by atoms with Gasteiger partial charge in [0.25, 0.3) is 0 Å². The average molecular weight is 214 g/mol. The molecule has 15 heavy (non-hydrogen) atoms. The Kier molecular flexibility index (Phi) is 6.22. The third-order valence-corrected chi connectivity index (χ3v) is 2.80. The van der Waals surface area contributed by atoms with Crippen LogP contribution in [0.25, 0.3) is 0 Å². The van der Waals surface area contributed by atoms with Crippen molar-refractivity contribution in [3.05, 3.63) is 0 Å². The van der Waals surface area contributed by atoms with Crippen LogP contribution in [0.15, 0.2) is 0 Å². The van der Waals surface area contributed by atoms with Crippen molar-refractivity contribution < 1.29 is 4.74 Å². The Bertz CT molecular complexity index is 162. The first-order valence-corrected chi connectivity index (χ1v) is 6.21. The molecule has 3 nitrogen and oxygen atoms in total. The van der Waals surface area contributed by atoms with E-state index in [2.05, 4.69) is 24.1 Å². The lowest BCUT2D eigenvalue weighted by Gasteiger charge is -2.34. The molecule has 1 fully saturated rings. The monoisotopic (exact) mass is 214 g/mol. The zero-order chi connectivity index (χ0) is 11.1. The first-order chi connectivity index (χ1) is 7.22. The van der Waals surface area contributed by atoms with Crippen LogP contribution in [0, 0.1) is 5.92 Å². The smallest absolute Gasteiger partial charge is 0.0703 e. The van der Waals surface area contributed by atoms with Crippen LogP contribution in [-0.4, -0.2) is 50.8 Å². The molecule has 0 bridgehead atoms. The molecule has 0 aliphatic carbocycles. The van der Waals surface area contributed by atoms with Gasteiger partial charge in [-0.1, -0.05) is 13.8 Å². The summed E-state index contributed by atoms with van der Waals surface area (Å²) in [4.78, 5) is 2.54. The summed E-state index contributed by atoms with van der Waals surface area (Å²) >= 11 is 0. The van der Waals surface area contributed by atoms with Crippen molar-refractivity contribution in [1.82, 2.24) is 10.2 Å². The fourth-order valence-electron chi connectivity index (χ4n) is 2.14. The summed E-state index contributed by atoms with van der Waals surface area (Å²) in [6.07, 6.45) is 2.87.